The Morgan fingerprint density at radius 2 is 1.77 bits per heavy atom. The Balaban J connectivity index is 1.49. The van der Waals surface area contributed by atoms with Gasteiger partial charge in [0.05, 0.1) is 6.04 Å². The Hall–Kier alpha value is -3.21. The van der Waals surface area contributed by atoms with E-state index in [2.05, 4.69) is 63.1 Å². The van der Waals surface area contributed by atoms with Gasteiger partial charge in [0.25, 0.3) is 5.91 Å². The molecule has 2 aromatic heterocycles. The van der Waals surface area contributed by atoms with Gasteiger partial charge in [0, 0.05) is 67.0 Å². The SMILES string of the molecule is Cc1cc(N2C[C@H]3CN(C(=O)c4ccncc4)[C@@H](c4ccccc4C)[C@H]3C2)ccn1. The third-order valence-corrected chi connectivity index (χ3v) is 6.60. The van der Waals surface area contributed by atoms with Gasteiger partial charge in [-0.1, -0.05) is 24.3 Å². The van der Waals surface area contributed by atoms with Gasteiger partial charge in [-0.05, 0) is 49.2 Å². The van der Waals surface area contributed by atoms with Crippen molar-refractivity contribution in [3.05, 3.63) is 89.5 Å². The number of amides is 1. The molecule has 30 heavy (non-hydrogen) atoms. The smallest absolute Gasteiger partial charge is 0.254 e. The van der Waals surface area contributed by atoms with Crippen LogP contribution < -0.4 is 4.90 Å². The van der Waals surface area contributed by atoms with E-state index in [1.807, 2.05) is 25.3 Å². The molecule has 2 aliphatic rings. The van der Waals surface area contributed by atoms with E-state index in [0.29, 0.717) is 17.4 Å². The predicted octanol–water partition coefficient (Wildman–Crippen LogP) is 4.04. The normalized spacial score (nSPS) is 22.9. The highest BCUT2D eigenvalue weighted by atomic mass is 16.2. The van der Waals surface area contributed by atoms with Crippen molar-refractivity contribution in [2.24, 2.45) is 11.8 Å². The second-order valence-electron chi connectivity index (χ2n) is 8.48. The van der Waals surface area contributed by atoms with Crippen LogP contribution in [0.25, 0.3) is 0 Å². The average molecular weight is 399 g/mol. The highest BCUT2D eigenvalue weighted by molar-refractivity contribution is 5.94. The molecule has 2 fully saturated rings. The lowest BCUT2D eigenvalue weighted by Crippen LogP contribution is -2.36. The molecule has 3 atom stereocenters. The van der Waals surface area contributed by atoms with Crippen LogP contribution in [0.3, 0.4) is 0 Å². The number of nitrogens with zero attached hydrogens (tertiary/aromatic N) is 4. The first-order chi connectivity index (χ1) is 14.6. The zero-order valence-electron chi connectivity index (χ0n) is 17.4. The molecule has 3 aromatic rings. The Morgan fingerprint density at radius 3 is 2.53 bits per heavy atom. The van der Waals surface area contributed by atoms with E-state index in [9.17, 15) is 4.79 Å². The fraction of sp³-hybridized carbons (Fsp3) is 0.320. The van der Waals surface area contributed by atoms with Gasteiger partial charge in [0.15, 0.2) is 0 Å². The molecule has 2 saturated heterocycles. The molecule has 5 rings (SSSR count). The highest BCUT2D eigenvalue weighted by Gasteiger charge is 2.49. The topological polar surface area (TPSA) is 49.3 Å². The summed E-state index contributed by atoms with van der Waals surface area (Å²) >= 11 is 0. The third-order valence-electron chi connectivity index (χ3n) is 6.60. The first-order valence-corrected chi connectivity index (χ1v) is 10.6. The van der Waals surface area contributed by atoms with Crippen molar-refractivity contribution < 1.29 is 4.79 Å². The molecule has 0 unspecified atom stereocenters. The summed E-state index contributed by atoms with van der Waals surface area (Å²) in [6, 6.07) is 16.5. The highest BCUT2D eigenvalue weighted by Crippen LogP contribution is 2.47. The van der Waals surface area contributed by atoms with E-state index in [1.54, 1.807) is 12.4 Å². The van der Waals surface area contributed by atoms with Crippen LogP contribution in [0, 0.1) is 25.7 Å². The van der Waals surface area contributed by atoms with Crippen LogP contribution >= 0.6 is 0 Å². The molecule has 5 nitrogen and oxygen atoms in total. The van der Waals surface area contributed by atoms with E-state index in [4.69, 9.17) is 0 Å². The molecule has 0 bridgehead atoms. The number of aromatic nitrogens is 2. The predicted molar refractivity (Wildman–Crippen MR) is 117 cm³/mol. The number of fused-ring (bicyclic) bond motifs is 1. The number of carbonyl (C=O) groups is 1. The van der Waals surface area contributed by atoms with Gasteiger partial charge in [-0.3, -0.25) is 14.8 Å². The summed E-state index contributed by atoms with van der Waals surface area (Å²) < 4.78 is 0. The zero-order valence-corrected chi connectivity index (χ0v) is 17.4. The van der Waals surface area contributed by atoms with Gasteiger partial charge < -0.3 is 9.80 Å². The number of rotatable bonds is 3. The van der Waals surface area contributed by atoms with E-state index < -0.39 is 0 Å². The molecule has 0 N–H and O–H groups in total. The Kier molecular flexibility index (Phi) is 4.74. The van der Waals surface area contributed by atoms with Crippen LogP contribution in [0.4, 0.5) is 5.69 Å². The maximum absolute atomic E-state index is 13.4. The van der Waals surface area contributed by atoms with Gasteiger partial charge in [-0.15, -0.1) is 0 Å². The molecule has 4 heterocycles. The quantitative estimate of drug-likeness (QED) is 0.668. The van der Waals surface area contributed by atoms with Gasteiger partial charge in [-0.2, -0.15) is 0 Å². The lowest BCUT2D eigenvalue weighted by molar-refractivity contribution is 0.0715. The van der Waals surface area contributed by atoms with Crippen molar-refractivity contribution in [3.63, 3.8) is 0 Å². The fourth-order valence-corrected chi connectivity index (χ4v) is 5.17. The number of likely N-dealkylation sites (tertiary alicyclic amines) is 1. The molecule has 152 valence electrons. The molecule has 1 aromatic carbocycles. The Morgan fingerprint density at radius 1 is 0.967 bits per heavy atom. The van der Waals surface area contributed by atoms with Crippen LogP contribution in [-0.4, -0.2) is 40.4 Å². The molecule has 1 amide bonds. The molecule has 0 spiro atoms. The summed E-state index contributed by atoms with van der Waals surface area (Å²) in [5.74, 6) is 0.964. The Bertz CT molecular complexity index is 1070. The van der Waals surface area contributed by atoms with Gasteiger partial charge in [0.2, 0.25) is 0 Å². The monoisotopic (exact) mass is 398 g/mol. The van der Waals surface area contributed by atoms with Crippen LogP contribution in [0.1, 0.15) is 33.2 Å². The molecule has 2 aliphatic heterocycles. The maximum Gasteiger partial charge on any atom is 0.254 e. The summed E-state index contributed by atoms with van der Waals surface area (Å²) in [4.78, 5) is 26.4. The molecular weight excluding hydrogens is 372 g/mol. The summed E-state index contributed by atoms with van der Waals surface area (Å²) in [6.45, 7) is 6.89. The first kappa shape index (κ1) is 18.8. The second kappa shape index (κ2) is 7.56. The molecule has 0 radical (unpaired) electrons. The van der Waals surface area contributed by atoms with Crippen LogP contribution in [-0.2, 0) is 0 Å². The third kappa shape index (κ3) is 3.24. The van der Waals surface area contributed by atoms with Gasteiger partial charge in [-0.25, -0.2) is 0 Å². The minimum Gasteiger partial charge on any atom is -0.371 e. The summed E-state index contributed by atoms with van der Waals surface area (Å²) in [7, 11) is 0. The van der Waals surface area contributed by atoms with Crippen molar-refractivity contribution in [2.45, 2.75) is 19.9 Å². The molecular formula is C25H26N4O. The minimum atomic E-state index is 0.0878. The number of benzene rings is 1. The van der Waals surface area contributed by atoms with Crippen LogP contribution in [0.2, 0.25) is 0 Å². The van der Waals surface area contributed by atoms with Crippen molar-refractivity contribution in [3.8, 4) is 0 Å². The zero-order chi connectivity index (χ0) is 20.7. The van der Waals surface area contributed by atoms with Crippen molar-refractivity contribution in [1.82, 2.24) is 14.9 Å². The standard InChI is InChI=1S/C25H26N4O/c1-17-5-3-4-6-22(17)24-23-16-28(21-9-12-27-18(2)13-21)14-20(23)15-29(24)25(30)19-7-10-26-11-8-19/h3-13,20,23-24H,14-16H2,1-2H3/t20-,23-,24-/m0/s1. The number of anilines is 1. The number of aryl methyl sites for hydroxylation is 2. The number of pyridine rings is 2. The first-order valence-electron chi connectivity index (χ1n) is 10.6. The summed E-state index contributed by atoms with van der Waals surface area (Å²) in [6.07, 6.45) is 5.28. The van der Waals surface area contributed by atoms with Crippen LogP contribution in [0.15, 0.2) is 67.1 Å². The van der Waals surface area contributed by atoms with E-state index >= 15 is 0 Å². The summed E-state index contributed by atoms with van der Waals surface area (Å²) in [5.41, 5.74) is 5.49. The summed E-state index contributed by atoms with van der Waals surface area (Å²) in [5, 5.41) is 0. The lowest BCUT2D eigenvalue weighted by atomic mass is 9.87. The number of hydrogen-bond donors (Lipinski definition) is 0. The van der Waals surface area contributed by atoms with Crippen molar-refractivity contribution in [2.75, 3.05) is 24.5 Å². The molecule has 0 saturated carbocycles. The average Bonchev–Trinajstić information content (AvgIpc) is 3.33. The minimum absolute atomic E-state index is 0.0878. The van der Waals surface area contributed by atoms with Crippen molar-refractivity contribution >= 4 is 11.6 Å². The van der Waals surface area contributed by atoms with Crippen molar-refractivity contribution in [1.29, 1.82) is 0 Å². The van der Waals surface area contributed by atoms with Gasteiger partial charge >= 0.3 is 0 Å². The van der Waals surface area contributed by atoms with Gasteiger partial charge in [0.1, 0.15) is 0 Å². The van der Waals surface area contributed by atoms with Crippen LogP contribution in [0.5, 0.6) is 0 Å². The lowest BCUT2D eigenvalue weighted by Gasteiger charge is -2.31. The second-order valence-corrected chi connectivity index (χ2v) is 8.48. The largest absolute Gasteiger partial charge is 0.371 e. The van der Waals surface area contributed by atoms with E-state index in [1.165, 1.54) is 16.8 Å². The number of carbonyl (C=O) groups excluding carboxylic acids is 1. The number of hydrogen-bond acceptors (Lipinski definition) is 4. The van der Waals surface area contributed by atoms with E-state index in [-0.39, 0.29) is 11.9 Å². The Labute approximate surface area is 177 Å². The fourth-order valence-electron chi connectivity index (χ4n) is 5.17. The van der Waals surface area contributed by atoms with E-state index in [0.717, 1.165) is 25.3 Å². The molecule has 0 aliphatic carbocycles. The maximum atomic E-state index is 13.4. The molecule has 5 heteroatoms.